The zero-order chi connectivity index (χ0) is 17.1. The van der Waals surface area contributed by atoms with Crippen molar-refractivity contribution >= 4 is 17.2 Å². The van der Waals surface area contributed by atoms with E-state index < -0.39 is 0 Å². The van der Waals surface area contributed by atoms with Crippen molar-refractivity contribution in [3.63, 3.8) is 0 Å². The molecule has 3 heterocycles. The fourth-order valence-corrected chi connectivity index (χ4v) is 3.84. The highest BCUT2D eigenvalue weighted by Gasteiger charge is 2.26. The summed E-state index contributed by atoms with van der Waals surface area (Å²) in [4.78, 5) is 20.2. The molecule has 1 amide bonds. The Kier molecular flexibility index (Phi) is 5.28. The van der Waals surface area contributed by atoms with Crippen molar-refractivity contribution in [3.05, 3.63) is 27.9 Å². The summed E-state index contributed by atoms with van der Waals surface area (Å²) in [6, 6.07) is 0. The average Bonchev–Trinajstić information content (AvgIpc) is 3.22. The van der Waals surface area contributed by atoms with Crippen molar-refractivity contribution in [2.75, 3.05) is 13.1 Å². The van der Waals surface area contributed by atoms with E-state index in [-0.39, 0.29) is 11.8 Å². The van der Waals surface area contributed by atoms with E-state index in [0.717, 1.165) is 30.9 Å². The normalized spacial score (nSPS) is 18.3. The van der Waals surface area contributed by atoms with Crippen molar-refractivity contribution in [2.45, 2.75) is 58.3 Å². The molecule has 0 unspecified atom stereocenters. The van der Waals surface area contributed by atoms with Crippen LogP contribution in [-0.2, 0) is 11.2 Å². The monoisotopic (exact) mass is 348 g/mol. The van der Waals surface area contributed by atoms with Crippen LogP contribution in [0.3, 0.4) is 0 Å². The van der Waals surface area contributed by atoms with E-state index in [1.165, 1.54) is 4.88 Å². The first-order chi connectivity index (χ1) is 11.5. The van der Waals surface area contributed by atoms with Crippen LogP contribution in [-0.4, -0.2) is 39.1 Å². The number of piperidine rings is 1. The highest BCUT2D eigenvalue weighted by Crippen LogP contribution is 2.30. The van der Waals surface area contributed by atoms with E-state index in [9.17, 15) is 4.79 Å². The minimum Gasteiger partial charge on any atom is -0.425 e. The third-order valence-electron chi connectivity index (χ3n) is 4.29. The van der Waals surface area contributed by atoms with Gasteiger partial charge in [0.25, 0.3) is 0 Å². The Morgan fingerprint density at radius 2 is 2.29 bits per heavy atom. The lowest BCUT2D eigenvalue weighted by molar-refractivity contribution is -0.132. The molecule has 130 valence electrons. The minimum absolute atomic E-state index is 0.164. The van der Waals surface area contributed by atoms with E-state index in [4.69, 9.17) is 4.42 Å². The van der Waals surface area contributed by atoms with Gasteiger partial charge < -0.3 is 9.32 Å². The molecule has 2 aromatic heterocycles. The van der Waals surface area contributed by atoms with Crippen LogP contribution in [0.5, 0.6) is 0 Å². The lowest BCUT2D eigenvalue weighted by Crippen LogP contribution is -2.39. The molecule has 1 fully saturated rings. The number of likely N-dealkylation sites (tertiary alicyclic amines) is 1. The van der Waals surface area contributed by atoms with Crippen LogP contribution >= 0.6 is 11.3 Å². The molecule has 0 N–H and O–H groups in total. The summed E-state index contributed by atoms with van der Waals surface area (Å²) in [6.45, 7) is 7.70. The summed E-state index contributed by atoms with van der Waals surface area (Å²) in [7, 11) is 0. The fraction of sp³-hybridized carbons (Fsp3) is 0.647. The van der Waals surface area contributed by atoms with Crippen molar-refractivity contribution in [1.82, 2.24) is 20.1 Å². The van der Waals surface area contributed by atoms with Gasteiger partial charge in [0.2, 0.25) is 17.7 Å². The van der Waals surface area contributed by atoms with Gasteiger partial charge in [-0.05, 0) is 19.8 Å². The molecule has 0 saturated carbocycles. The first-order valence-electron chi connectivity index (χ1n) is 8.55. The number of nitrogens with zero attached hydrogens (tertiary/aromatic N) is 4. The molecule has 0 spiro atoms. The smallest absolute Gasteiger partial charge is 0.223 e. The maximum absolute atomic E-state index is 12.5. The number of rotatable bonds is 5. The highest BCUT2D eigenvalue weighted by molar-refractivity contribution is 7.11. The van der Waals surface area contributed by atoms with Crippen LogP contribution < -0.4 is 0 Å². The predicted octanol–water partition coefficient (Wildman–Crippen LogP) is 3.30. The van der Waals surface area contributed by atoms with Crippen molar-refractivity contribution < 1.29 is 9.21 Å². The first-order valence-corrected chi connectivity index (χ1v) is 9.37. The topological polar surface area (TPSA) is 72.1 Å². The standard InChI is InChI=1S/C17H24N4O2S/c1-11(2)16-20-19-14(23-16)6-7-15(22)21-8-4-5-13(10-21)17-18-9-12(3)24-17/h9,11,13H,4-8,10H2,1-3H3/t13-/m1/s1. The van der Waals surface area contributed by atoms with Gasteiger partial charge in [-0.2, -0.15) is 0 Å². The van der Waals surface area contributed by atoms with Gasteiger partial charge in [-0.1, -0.05) is 13.8 Å². The quantitative estimate of drug-likeness (QED) is 0.829. The lowest BCUT2D eigenvalue weighted by atomic mass is 9.98. The van der Waals surface area contributed by atoms with Gasteiger partial charge in [0.1, 0.15) is 0 Å². The van der Waals surface area contributed by atoms with Crippen LogP contribution in [0.1, 0.15) is 66.6 Å². The number of hydrogen-bond donors (Lipinski definition) is 0. The first kappa shape index (κ1) is 17.1. The number of carbonyl (C=O) groups is 1. The van der Waals surface area contributed by atoms with Gasteiger partial charge in [0, 0.05) is 48.8 Å². The Balaban J connectivity index is 1.54. The molecule has 24 heavy (non-hydrogen) atoms. The molecule has 0 radical (unpaired) electrons. The molecule has 1 aliphatic heterocycles. The van der Waals surface area contributed by atoms with Gasteiger partial charge in [-0.15, -0.1) is 21.5 Å². The molecule has 2 aromatic rings. The third kappa shape index (κ3) is 4.01. The number of carbonyl (C=O) groups excluding carboxylic acids is 1. The van der Waals surface area contributed by atoms with E-state index in [1.54, 1.807) is 11.3 Å². The summed E-state index contributed by atoms with van der Waals surface area (Å²) in [5.41, 5.74) is 0. The molecule has 0 bridgehead atoms. The van der Waals surface area contributed by atoms with Crippen LogP contribution in [0.4, 0.5) is 0 Å². The Morgan fingerprint density at radius 1 is 1.46 bits per heavy atom. The van der Waals surface area contributed by atoms with Gasteiger partial charge in [0.05, 0.1) is 5.01 Å². The Bertz CT molecular complexity index is 694. The number of aromatic nitrogens is 3. The number of hydrogen-bond acceptors (Lipinski definition) is 6. The van der Waals surface area contributed by atoms with E-state index >= 15 is 0 Å². The Morgan fingerprint density at radius 3 is 2.96 bits per heavy atom. The predicted molar refractivity (Wildman–Crippen MR) is 92.1 cm³/mol. The van der Waals surface area contributed by atoms with E-state index in [0.29, 0.717) is 30.5 Å². The lowest BCUT2D eigenvalue weighted by Gasteiger charge is -2.31. The molecular weight excluding hydrogens is 324 g/mol. The van der Waals surface area contributed by atoms with Crippen LogP contribution in [0.15, 0.2) is 10.6 Å². The maximum Gasteiger partial charge on any atom is 0.223 e. The average molecular weight is 348 g/mol. The molecule has 0 aliphatic carbocycles. The molecule has 7 heteroatoms. The molecule has 0 aromatic carbocycles. The minimum atomic E-state index is 0.164. The molecular formula is C17H24N4O2S. The number of aryl methyl sites for hydroxylation is 2. The maximum atomic E-state index is 12.5. The van der Waals surface area contributed by atoms with Gasteiger partial charge in [-0.3, -0.25) is 4.79 Å². The zero-order valence-corrected chi connectivity index (χ0v) is 15.3. The summed E-state index contributed by atoms with van der Waals surface area (Å²) < 4.78 is 5.57. The SMILES string of the molecule is Cc1cnc([C@@H]2CCCN(C(=O)CCc3nnc(C(C)C)o3)C2)s1. The van der Waals surface area contributed by atoms with Gasteiger partial charge in [-0.25, -0.2) is 4.98 Å². The molecule has 1 aliphatic rings. The van der Waals surface area contributed by atoms with Crippen LogP contribution in [0.2, 0.25) is 0 Å². The van der Waals surface area contributed by atoms with Crippen molar-refractivity contribution in [1.29, 1.82) is 0 Å². The summed E-state index contributed by atoms with van der Waals surface area (Å²) in [5.74, 6) is 1.94. The number of amides is 1. The second-order valence-corrected chi connectivity index (χ2v) is 7.94. The molecule has 1 atom stereocenters. The van der Waals surface area contributed by atoms with Crippen LogP contribution in [0.25, 0.3) is 0 Å². The Labute approximate surface area is 146 Å². The van der Waals surface area contributed by atoms with Gasteiger partial charge in [0.15, 0.2) is 0 Å². The van der Waals surface area contributed by atoms with Crippen molar-refractivity contribution in [2.24, 2.45) is 0 Å². The number of thiazole rings is 1. The Hall–Kier alpha value is -1.76. The van der Waals surface area contributed by atoms with E-state index in [2.05, 4.69) is 22.1 Å². The summed E-state index contributed by atoms with van der Waals surface area (Å²) >= 11 is 1.74. The zero-order valence-electron chi connectivity index (χ0n) is 14.5. The second-order valence-electron chi connectivity index (χ2n) is 6.68. The summed E-state index contributed by atoms with van der Waals surface area (Å²) in [6.07, 6.45) is 4.99. The molecule has 6 nitrogen and oxygen atoms in total. The summed E-state index contributed by atoms with van der Waals surface area (Å²) in [5, 5.41) is 9.19. The van der Waals surface area contributed by atoms with Gasteiger partial charge >= 0.3 is 0 Å². The second kappa shape index (κ2) is 7.42. The van der Waals surface area contributed by atoms with Crippen LogP contribution in [0, 0.1) is 6.92 Å². The molecule has 3 rings (SSSR count). The van der Waals surface area contributed by atoms with E-state index in [1.807, 2.05) is 24.9 Å². The third-order valence-corrected chi connectivity index (χ3v) is 5.37. The molecule has 1 saturated heterocycles. The largest absolute Gasteiger partial charge is 0.425 e. The highest BCUT2D eigenvalue weighted by atomic mass is 32.1. The van der Waals surface area contributed by atoms with Crippen molar-refractivity contribution in [3.8, 4) is 0 Å². The fourth-order valence-electron chi connectivity index (χ4n) is 2.94.